The van der Waals surface area contributed by atoms with E-state index in [2.05, 4.69) is 20.0 Å². The molecule has 5 heteroatoms. The van der Waals surface area contributed by atoms with Crippen LogP contribution in [-0.4, -0.2) is 85.6 Å². The summed E-state index contributed by atoms with van der Waals surface area (Å²) in [5, 5.41) is 3.33. The number of piperazine rings is 2. The summed E-state index contributed by atoms with van der Waals surface area (Å²) in [5.74, 6) is 0.340. The summed E-state index contributed by atoms with van der Waals surface area (Å²) in [7, 11) is 0. The Hall–Kier alpha value is -0.650. The van der Waals surface area contributed by atoms with Crippen molar-refractivity contribution in [1.29, 1.82) is 0 Å². The Morgan fingerprint density at radius 3 is 2.74 bits per heavy atom. The van der Waals surface area contributed by atoms with Crippen LogP contribution in [0.4, 0.5) is 0 Å². The van der Waals surface area contributed by atoms with E-state index in [1.807, 2.05) is 0 Å². The fourth-order valence-electron chi connectivity index (χ4n) is 3.54. The fourth-order valence-corrected chi connectivity index (χ4v) is 3.54. The average Bonchev–Trinajstić information content (AvgIpc) is 2.48. The van der Waals surface area contributed by atoms with Crippen LogP contribution in [0, 0.1) is 0 Å². The fraction of sp³-hybridized carbons (Fsp3) is 0.929. The van der Waals surface area contributed by atoms with Crippen molar-refractivity contribution in [2.45, 2.75) is 25.3 Å². The number of carbonyl (C=O) groups excluding carboxylic acids is 1. The van der Waals surface area contributed by atoms with Gasteiger partial charge < -0.3 is 10.2 Å². The molecule has 0 aromatic carbocycles. The number of carbonyl (C=O) groups is 1. The summed E-state index contributed by atoms with van der Waals surface area (Å²) < 4.78 is 0. The Balaban J connectivity index is 1.49. The van der Waals surface area contributed by atoms with Crippen molar-refractivity contribution in [3.8, 4) is 0 Å². The van der Waals surface area contributed by atoms with Crippen molar-refractivity contribution in [3.63, 3.8) is 0 Å². The predicted octanol–water partition coefficient (Wildman–Crippen LogP) is -0.412. The van der Waals surface area contributed by atoms with Crippen LogP contribution in [-0.2, 0) is 4.79 Å². The standard InChI is InChI=1S/C14H26N4O/c19-14(12-16-7-4-15-5-8-16)18-10-9-17-6-2-1-3-13(17)11-18/h13,15H,1-12H2. The zero-order valence-electron chi connectivity index (χ0n) is 11.8. The zero-order valence-corrected chi connectivity index (χ0v) is 11.8. The van der Waals surface area contributed by atoms with Gasteiger partial charge in [0.15, 0.2) is 0 Å². The number of nitrogens with one attached hydrogen (secondary N) is 1. The molecule has 19 heavy (non-hydrogen) atoms. The number of hydrogen-bond donors (Lipinski definition) is 1. The van der Waals surface area contributed by atoms with Crippen LogP contribution in [0.3, 0.4) is 0 Å². The molecule has 0 aromatic heterocycles. The number of piperidine rings is 1. The van der Waals surface area contributed by atoms with Gasteiger partial charge in [0.25, 0.3) is 0 Å². The third-order valence-electron chi connectivity index (χ3n) is 4.76. The maximum Gasteiger partial charge on any atom is 0.236 e. The van der Waals surface area contributed by atoms with Crippen molar-refractivity contribution in [2.75, 3.05) is 58.9 Å². The molecule has 1 unspecified atom stereocenters. The first-order chi connectivity index (χ1) is 9.33. The zero-order chi connectivity index (χ0) is 13.1. The highest BCUT2D eigenvalue weighted by atomic mass is 16.2. The van der Waals surface area contributed by atoms with Crippen LogP contribution in [0.2, 0.25) is 0 Å². The van der Waals surface area contributed by atoms with Gasteiger partial charge in [0.1, 0.15) is 0 Å². The molecule has 0 radical (unpaired) electrons. The van der Waals surface area contributed by atoms with Crippen LogP contribution in [0.15, 0.2) is 0 Å². The lowest BCUT2D eigenvalue weighted by Crippen LogP contribution is -2.58. The molecule has 3 aliphatic rings. The Labute approximate surface area is 115 Å². The molecule has 3 heterocycles. The largest absolute Gasteiger partial charge is 0.339 e. The predicted molar refractivity (Wildman–Crippen MR) is 75.1 cm³/mol. The van der Waals surface area contributed by atoms with Gasteiger partial charge in [-0.05, 0) is 19.4 Å². The first-order valence-corrected chi connectivity index (χ1v) is 7.78. The minimum atomic E-state index is 0.340. The lowest BCUT2D eigenvalue weighted by Gasteiger charge is -2.44. The van der Waals surface area contributed by atoms with Gasteiger partial charge in [-0.25, -0.2) is 0 Å². The quantitative estimate of drug-likeness (QED) is 0.737. The third-order valence-corrected chi connectivity index (χ3v) is 4.76. The van der Waals surface area contributed by atoms with Crippen molar-refractivity contribution in [1.82, 2.24) is 20.0 Å². The molecule has 3 aliphatic heterocycles. The van der Waals surface area contributed by atoms with Gasteiger partial charge in [-0.15, -0.1) is 0 Å². The first-order valence-electron chi connectivity index (χ1n) is 7.78. The van der Waals surface area contributed by atoms with Gasteiger partial charge in [0, 0.05) is 51.9 Å². The van der Waals surface area contributed by atoms with E-state index in [0.29, 0.717) is 18.5 Å². The smallest absolute Gasteiger partial charge is 0.236 e. The maximum absolute atomic E-state index is 12.4. The molecular formula is C14H26N4O. The van der Waals surface area contributed by atoms with E-state index in [1.165, 1.54) is 25.8 Å². The van der Waals surface area contributed by atoms with Gasteiger partial charge >= 0.3 is 0 Å². The number of amides is 1. The van der Waals surface area contributed by atoms with Crippen LogP contribution < -0.4 is 5.32 Å². The summed E-state index contributed by atoms with van der Waals surface area (Å²) in [6, 6.07) is 0.634. The molecular weight excluding hydrogens is 240 g/mol. The SMILES string of the molecule is O=C(CN1CCNCC1)N1CCN2CCCCC2C1. The lowest BCUT2D eigenvalue weighted by molar-refractivity contribution is -0.136. The molecule has 0 aliphatic carbocycles. The second-order valence-corrected chi connectivity index (χ2v) is 6.05. The Morgan fingerprint density at radius 2 is 1.89 bits per heavy atom. The molecule has 3 fully saturated rings. The number of rotatable bonds is 2. The topological polar surface area (TPSA) is 38.8 Å². The monoisotopic (exact) mass is 266 g/mol. The normalized spacial score (nSPS) is 30.1. The molecule has 1 N–H and O–H groups in total. The first kappa shape index (κ1) is 13.3. The minimum Gasteiger partial charge on any atom is -0.339 e. The summed E-state index contributed by atoms with van der Waals surface area (Å²) in [5.41, 5.74) is 0. The highest BCUT2D eigenvalue weighted by Gasteiger charge is 2.31. The van der Waals surface area contributed by atoms with Crippen molar-refractivity contribution in [2.24, 2.45) is 0 Å². The number of hydrogen-bond acceptors (Lipinski definition) is 4. The summed E-state index contributed by atoms with van der Waals surface area (Å²) in [4.78, 5) is 19.4. The Kier molecular flexibility index (Phi) is 4.35. The maximum atomic E-state index is 12.4. The van der Waals surface area contributed by atoms with E-state index in [9.17, 15) is 4.79 Å². The molecule has 1 atom stereocenters. The van der Waals surface area contributed by atoms with E-state index in [-0.39, 0.29) is 0 Å². The molecule has 108 valence electrons. The van der Waals surface area contributed by atoms with E-state index < -0.39 is 0 Å². The van der Waals surface area contributed by atoms with Gasteiger partial charge in [-0.1, -0.05) is 6.42 Å². The number of fused-ring (bicyclic) bond motifs is 1. The van der Waals surface area contributed by atoms with E-state index >= 15 is 0 Å². The van der Waals surface area contributed by atoms with Gasteiger partial charge in [0.05, 0.1) is 6.54 Å². The van der Waals surface area contributed by atoms with Crippen molar-refractivity contribution >= 4 is 5.91 Å². The van der Waals surface area contributed by atoms with Crippen LogP contribution in [0.25, 0.3) is 0 Å². The second kappa shape index (κ2) is 6.20. The Morgan fingerprint density at radius 1 is 1.05 bits per heavy atom. The van der Waals surface area contributed by atoms with E-state index in [1.54, 1.807) is 0 Å². The summed E-state index contributed by atoms with van der Waals surface area (Å²) in [6.45, 7) is 8.89. The molecule has 0 bridgehead atoms. The van der Waals surface area contributed by atoms with Gasteiger partial charge in [0.2, 0.25) is 5.91 Å². The summed E-state index contributed by atoms with van der Waals surface area (Å²) >= 11 is 0. The van der Waals surface area contributed by atoms with Crippen LogP contribution in [0.5, 0.6) is 0 Å². The lowest BCUT2D eigenvalue weighted by atomic mass is 9.99. The molecule has 0 spiro atoms. The Bertz CT molecular complexity index is 317. The van der Waals surface area contributed by atoms with Crippen molar-refractivity contribution < 1.29 is 4.79 Å². The molecule has 0 saturated carbocycles. The average molecular weight is 266 g/mol. The molecule has 5 nitrogen and oxygen atoms in total. The molecule has 0 aromatic rings. The van der Waals surface area contributed by atoms with Crippen LogP contribution in [0.1, 0.15) is 19.3 Å². The van der Waals surface area contributed by atoms with E-state index in [4.69, 9.17) is 0 Å². The summed E-state index contributed by atoms with van der Waals surface area (Å²) in [6.07, 6.45) is 3.95. The van der Waals surface area contributed by atoms with Crippen LogP contribution >= 0.6 is 0 Å². The molecule has 3 saturated heterocycles. The van der Waals surface area contributed by atoms with Crippen molar-refractivity contribution in [3.05, 3.63) is 0 Å². The van der Waals surface area contributed by atoms with Gasteiger partial charge in [-0.3, -0.25) is 14.6 Å². The molecule has 3 rings (SSSR count). The van der Waals surface area contributed by atoms with Gasteiger partial charge in [-0.2, -0.15) is 0 Å². The highest BCUT2D eigenvalue weighted by Crippen LogP contribution is 2.21. The van der Waals surface area contributed by atoms with E-state index in [0.717, 1.165) is 45.8 Å². The number of nitrogens with zero attached hydrogens (tertiary/aromatic N) is 3. The minimum absolute atomic E-state index is 0.340. The molecule has 1 amide bonds. The highest BCUT2D eigenvalue weighted by molar-refractivity contribution is 5.78. The second-order valence-electron chi connectivity index (χ2n) is 6.05. The third kappa shape index (κ3) is 3.27.